The zero-order valence-electron chi connectivity index (χ0n) is 10.3. The third-order valence-electron chi connectivity index (χ3n) is 3.58. The molecule has 1 aromatic heterocycles. The van der Waals surface area contributed by atoms with E-state index < -0.39 is 0 Å². The van der Waals surface area contributed by atoms with E-state index in [1.807, 2.05) is 12.3 Å². The van der Waals surface area contributed by atoms with E-state index in [9.17, 15) is 0 Å². The number of pyridine rings is 1. The second-order valence-electron chi connectivity index (χ2n) is 5.08. The van der Waals surface area contributed by atoms with Crippen molar-refractivity contribution in [3.8, 4) is 0 Å². The Balaban J connectivity index is 1.79. The Kier molecular flexibility index (Phi) is 3.94. The molecule has 1 fully saturated rings. The first-order valence-electron chi connectivity index (χ1n) is 6.42. The summed E-state index contributed by atoms with van der Waals surface area (Å²) in [4.78, 5) is 4.38. The topological polar surface area (TPSA) is 24.9 Å². The Morgan fingerprint density at radius 2 is 2.19 bits per heavy atom. The smallest absolute Gasteiger partial charge is 0.0570 e. The third kappa shape index (κ3) is 3.05. The minimum Gasteiger partial charge on any atom is -0.306 e. The summed E-state index contributed by atoms with van der Waals surface area (Å²) in [5.41, 5.74) is 1.14. The molecule has 2 heteroatoms. The Hall–Kier alpha value is -0.890. The minimum absolute atomic E-state index is 0.358. The predicted molar refractivity (Wildman–Crippen MR) is 67.2 cm³/mol. The largest absolute Gasteiger partial charge is 0.306 e. The van der Waals surface area contributed by atoms with Gasteiger partial charge in [0, 0.05) is 18.3 Å². The maximum absolute atomic E-state index is 4.38. The van der Waals surface area contributed by atoms with Crippen LogP contribution < -0.4 is 5.32 Å². The molecule has 2 atom stereocenters. The van der Waals surface area contributed by atoms with Gasteiger partial charge in [-0.3, -0.25) is 4.98 Å². The van der Waals surface area contributed by atoms with Crippen LogP contribution >= 0.6 is 0 Å². The predicted octanol–water partition coefficient (Wildman–Crippen LogP) is 3.31. The lowest BCUT2D eigenvalue weighted by Crippen LogP contribution is -2.32. The van der Waals surface area contributed by atoms with Crippen molar-refractivity contribution in [3.63, 3.8) is 0 Å². The Bertz CT molecular complexity index is 306. The summed E-state index contributed by atoms with van der Waals surface area (Å²) in [6.07, 6.45) is 7.49. The molecule has 2 rings (SSSR count). The van der Waals surface area contributed by atoms with E-state index in [1.54, 1.807) is 0 Å². The average Bonchev–Trinajstić information content (AvgIpc) is 2.25. The van der Waals surface area contributed by atoms with Gasteiger partial charge in [0.1, 0.15) is 0 Å². The summed E-state index contributed by atoms with van der Waals surface area (Å²) in [7, 11) is 0. The molecule has 0 spiro atoms. The second-order valence-corrected chi connectivity index (χ2v) is 5.08. The zero-order chi connectivity index (χ0) is 11.4. The molecule has 88 valence electrons. The molecule has 0 saturated heterocycles. The van der Waals surface area contributed by atoms with Crippen molar-refractivity contribution in [3.05, 3.63) is 30.1 Å². The van der Waals surface area contributed by atoms with E-state index in [1.165, 1.54) is 25.7 Å². The lowest BCUT2D eigenvalue weighted by molar-refractivity contribution is 0.259. The van der Waals surface area contributed by atoms with Gasteiger partial charge >= 0.3 is 0 Å². The van der Waals surface area contributed by atoms with Crippen LogP contribution in [0.15, 0.2) is 24.4 Å². The molecular formula is C14H22N2. The molecule has 2 nitrogen and oxygen atoms in total. The lowest BCUT2D eigenvalue weighted by Gasteiger charge is -2.29. The van der Waals surface area contributed by atoms with Crippen molar-refractivity contribution in [2.75, 3.05) is 0 Å². The van der Waals surface area contributed by atoms with E-state index in [4.69, 9.17) is 0 Å². The Morgan fingerprint density at radius 1 is 1.38 bits per heavy atom. The maximum atomic E-state index is 4.38. The summed E-state index contributed by atoms with van der Waals surface area (Å²) in [5, 5.41) is 3.63. The van der Waals surface area contributed by atoms with E-state index in [-0.39, 0.29) is 0 Å². The first-order chi connectivity index (χ1) is 7.75. The molecule has 1 N–H and O–H groups in total. The number of rotatable bonds is 5. The number of aromatic nitrogens is 1. The van der Waals surface area contributed by atoms with Crippen LogP contribution in [0.1, 0.15) is 51.3 Å². The third-order valence-corrected chi connectivity index (χ3v) is 3.58. The van der Waals surface area contributed by atoms with Crippen molar-refractivity contribution >= 4 is 0 Å². The molecule has 1 saturated carbocycles. The molecule has 0 bridgehead atoms. The molecule has 1 aliphatic carbocycles. The highest BCUT2D eigenvalue weighted by molar-refractivity contribution is 5.07. The van der Waals surface area contributed by atoms with E-state index in [2.05, 4.69) is 36.3 Å². The van der Waals surface area contributed by atoms with Gasteiger partial charge < -0.3 is 5.32 Å². The van der Waals surface area contributed by atoms with Crippen LogP contribution in [0.5, 0.6) is 0 Å². The van der Waals surface area contributed by atoms with Gasteiger partial charge in [-0.2, -0.15) is 0 Å². The van der Waals surface area contributed by atoms with E-state index >= 15 is 0 Å². The van der Waals surface area contributed by atoms with Crippen LogP contribution in [-0.4, -0.2) is 11.0 Å². The molecule has 0 amide bonds. The number of hydrogen-bond acceptors (Lipinski definition) is 2. The number of nitrogens with one attached hydrogen (secondary N) is 1. The van der Waals surface area contributed by atoms with Gasteiger partial charge in [-0.05, 0) is 38.3 Å². The first-order valence-corrected chi connectivity index (χ1v) is 6.42. The summed E-state index contributed by atoms with van der Waals surface area (Å²) >= 11 is 0. The Morgan fingerprint density at radius 3 is 2.75 bits per heavy atom. The van der Waals surface area contributed by atoms with Crippen LogP contribution in [0.2, 0.25) is 0 Å². The highest BCUT2D eigenvalue weighted by Gasteiger charge is 2.20. The van der Waals surface area contributed by atoms with Crippen LogP contribution in [0, 0.1) is 5.92 Å². The highest BCUT2D eigenvalue weighted by atomic mass is 15.0. The molecule has 1 heterocycles. The molecule has 0 radical (unpaired) electrons. The van der Waals surface area contributed by atoms with E-state index in [0.29, 0.717) is 12.1 Å². The fourth-order valence-corrected chi connectivity index (χ4v) is 2.44. The minimum atomic E-state index is 0.358. The molecule has 1 aromatic rings. The first kappa shape index (κ1) is 11.6. The summed E-state index contributed by atoms with van der Waals surface area (Å²) in [5.74, 6) is 0.971. The zero-order valence-corrected chi connectivity index (χ0v) is 10.3. The van der Waals surface area contributed by atoms with Gasteiger partial charge in [0.2, 0.25) is 0 Å². The standard InChI is InChI=1S/C14H22N2/c1-11(10-13-6-5-7-13)16-12(2)14-8-3-4-9-15-14/h3-4,8-9,11-13,16H,5-7,10H2,1-2H3. The van der Waals surface area contributed by atoms with Crippen molar-refractivity contribution < 1.29 is 0 Å². The van der Waals surface area contributed by atoms with Crippen LogP contribution in [0.25, 0.3) is 0 Å². The van der Waals surface area contributed by atoms with Gasteiger partial charge in [-0.25, -0.2) is 0 Å². The average molecular weight is 218 g/mol. The van der Waals surface area contributed by atoms with Gasteiger partial charge in [-0.1, -0.05) is 25.3 Å². The SMILES string of the molecule is CC(CC1CCC1)NC(C)c1ccccn1. The van der Waals surface area contributed by atoms with Crippen LogP contribution in [-0.2, 0) is 0 Å². The monoisotopic (exact) mass is 218 g/mol. The van der Waals surface area contributed by atoms with Gasteiger partial charge in [0.25, 0.3) is 0 Å². The summed E-state index contributed by atoms with van der Waals surface area (Å²) < 4.78 is 0. The molecule has 0 aliphatic heterocycles. The van der Waals surface area contributed by atoms with Crippen molar-refractivity contribution in [2.45, 2.75) is 51.6 Å². The fourth-order valence-electron chi connectivity index (χ4n) is 2.44. The van der Waals surface area contributed by atoms with Crippen LogP contribution in [0.4, 0.5) is 0 Å². The molecular weight excluding hydrogens is 196 g/mol. The van der Waals surface area contributed by atoms with Crippen molar-refractivity contribution in [1.29, 1.82) is 0 Å². The van der Waals surface area contributed by atoms with Crippen molar-refractivity contribution in [2.24, 2.45) is 5.92 Å². The highest BCUT2D eigenvalue weighted by Crippen LogP contribution is 2.30. The molecule has 16 heavy (non-hydrogen) atoms. The van der Waals surface area contributed by atoms with E-state index in [0.717, 1.165) is 11.6 Å². The number of nitrogens with zero attached hydrogens (tertiary/aromatic N) is 1. The lowest BCUT2D eigenvalue weighted by atomic mass is 9.81. The molecule has 1 aliphatic rings. The number of hydrogen-bond donors (Lipinski definition) is 1. The second kappa shape index (κ2) is 5.44. The fraction of sp³-hybridized carbons (Fsp3) is 0.643. The van der Waals surface area contributed by atoms with Crippen molar-refractivity contribution in [1.82, 2.24) is 10.3 Å². The van der Waals surface area contributed by atoms with Gasteiger partial charge in [-0.15, -0.1) is 0 Å². The summed E-state index contributed by atoms with van der Waals surface area (Å²) in [6.45, 7) is 4.48. The Labute approximate surface area is 98.5 Å². The van der Waals surface area contributed by atoms with Crippen LogP contribution in [0.3, 0.4) is 0 Å². The quantitative estimate of drug-likeness (QED) is 0.820. The summed E-state index contributed by atoms with van der Waals surface area (Å²) in [6, 6.07) is 7.07. The maximum Gasteiger partial charge on any atom is 0.0570 e. The van der Waals surface area contributed by atoms with Gasteiger partial charge in [0.05, 0.1) is 5.69 Å². The molecule has 2 unspecified atom stereocenters. The van der Waals surface area contributed by atoms with Gasteiger partial charge in [0.15, 0.2) is 0 Å². The normalized spacial score (nSPS) is 20.1. The molecule has 0 aromatic carbocycles.